The zero-order valence-corrected chi connectivity index (χ0v) is 17.7. The molecule has 1 aromatic carbocycles. The van der Waals surface area contributed by atoms with Gasteiger partial charge in [-0.25, -0.2) is 8.42 Å². The van der Waals surface area contributed by atoms with Crippen LogP contribution < -0.4 is 5.32 Å². The Morgan fingerprint density at radius 1 is 1.25 bits per heavy atom. The number of nitrogens with zero attached hydrogens (tertiary/aromatic N) is 2. The van der Waals surface area contributed by atoms with Crippen LogP contribution in [0, 0.1) is 23.2 Å². The van der Waals surface area contributed by atoms with Gasteiger partial charge >= 0.3 is 0 Å². The molecule has 6 nitrogen and oxygen atoms in total. The first kappa shape index (κ1) is 22.4. The highest BCUT2D eigenvalue weighted by Crippen LogP contribution is 2.24. The lowest BCUT2D eigenvalue weighted by Gasteiger charge is -2.31. The van der Waals surface area contributed by atoms with Gasteiger partial charge < -0.3 is 5.32 Å². The maximum Gasteiger partial charge on any atom is 0.243 e. The molecule has 7 heteroatoms. The van der Waals surface area contributed by atoms with Gasteiger partial charge in [0.2, 0.25) is 15.9 Å². The summed E-state index contributed by atoms with van der Waals surface area (Å²) in [4.78, 5) is 12.7. The Balaban J connectivity index is 1.87. The number of piperidine rings is 1. The Kier molecular flexibility index (Phi) is 8.46. The number of unbranched alkanes of at least 4 members (excludes halogenated alkanes) is 1. The summed E-state index contributed by atoms with van der Waals surface area (Å²) in [7, 11) is -3.58. The van der Waals surface area contributed by atoms with E-state index in [9.17, 15) is 13.2 Å². The highest BCUT2D eigenvalue weighted by molar-refractivity contribution is 7.89. The fourth-order valence-electron chi connectivity index (χ4n) is 3.54. The van der Waals surface area contributed by atoms with Crippen molar-refractivity contribution in [2.75, 3.05) is 19.6 Å². The summed E-state index contributed by atoms with van der Waals surface area (Å²) in [5.74, 6) is 0.433. The van der Waals surface area contributed by atoms with Crippen LogP contribution in [0.2, 0.25) is 0 Å². The largest absolute Gasteiger partial charge is 0.356 e. The third-order valence-electron chi connectivity index (χ3n) is 5.55. The molecule has 1 atom stereocenters. The van der Waals surface area contributed by atoms with Crippen LogP contribution in [-0.2, 0) is 14.8 Å². The van der Waals surface area contributed by atoms with Gasteiger partial charge in [-0.15, -0.1) is 0 Å². The Hall–Kier alpha value is -1.91. The Morgan fingerprint density at radius 3 is 2.43 bits per heavy atom. The van der Waals surface area contributed by atoms with E-state index in [1.165, 1.54) is 35.0 Å². The van der Waals surface area contributed by atoms with E-state index in [4.69, 9.17) is 5.26 Å². The molecule has 1 unspecified atom stereocenters. The first-order valence-electron chi connectivity index (χ1n) is 10.2. The highest BCUT2D eigenvalue weighted by atomic mass is 32.2. The minimum atomic E-state index is -3.58. The molecule has 0 saturated carbocycles. The van der Waals surface area contributed by atoms with Gasteiger partial charge in [0.15, 0.2) is 0 Å². The van der Waals surface area contributed by atoms with Crippen molar-refractivity contribution in [3.05, 3.63) is 29.8 Å². The second-order valence-corrected chi connectivity index (χ2v) is 9.41. The molecule has 0 radical (unpaired) electrons. The normalized spacial score (nSPS) is 17.0. The fourth-order valence-corrected chi connectivity index (χ4v) is 5.01. The summed E-state index contributed by atoms with van der Waals surface area (Å²) in [6.45, 7) is 5.71. The standard InChI is InChI=1S/C21H31N3O3S/c1-3-5-6-17(4-2)16-23-21(25)19-11-13-24(14-12-19)28(26,27)20-9-7-18(15-22)8-10-20/h7-10,17,19H,3-6,11-14,16H2,1-2H3,(H,23,25). The van der Waals surface area contributed by atoms with E-state index in [2.05, 4.69) is 19.2 Å². The zero-order valence-electron chi connectivity index (χ0n) is 16.9. The molecule has 1 amide bonds. The highest BCUT2D eigenvalue weighted by Gasteiger charge is 2.32. The van der Waals surface area contributed by atoms with Crippen molar-refractivity contribution in [1.82, 2.24) is 9.62 Å². The van der Waals surface area contributed by atoms with Crippen LogP contribution in [0.25, 0.3) is 0 Å². The third kappa shape index (κ3) is 5.79. The predicted molar refractivity (Wildman–Crippen MR) is 109 cm³/mol. The molecule has 28 heavy (non-hydrogen) atoms. The summed E-state index contributed by atoms with van der Waals surface area (Å²) in [6, 6.07) is 7.94. The van der Waals surface area contributed by atoms with Crippen molar-refractivity contribution in [3.63, 3.8) is 0 Å². The molecule has 1 N–H and O–H groups in total. The minimum absolute atomic E-state index is 0.0466. The van der Waals surface area contributed by atoms with Gasteiger partial charge in [-0.3, -0.25) is 4.79 Å². The Morgan fingerprint density at radius 2 is 1.89 bits per heavy atom. The first-order valence-corrected chi connectivity index (χ1v) is 11.6. The van der Waals surface area contributed by atoms with Gasteiger partial charge in [0.1, 0.15) is 0 Å². The SMILES string of the molecule is CCCCC(CC)CNC(=O)C1CCN(S(=O)(=O)c2ccc(C#N)cc2)CC1. The number of hydrogen-bond donors (Lipinski definition) is 1. The van der Waals surface area contributed by atoms with Crippen LogP contribution in [-0.4, -0.2) is 38.3 Å². The van der Waals surface area contributed by atoms with Gasteiger partial charge in [0.25, 0.3) is 0 Å². The number of hydrogen-bond acceptors (Lipinski definition) is 4. The predicted octanol–water partition coefficient (Wildman–Crippen LogP) is 3.29. The van der Waals surface area contributed by atoms with Crippen molar-refractivity contribution in [3.8, 4) is 6.07 Å². The van der Waals surface area contributed by atoms with E-state index in [0.717, 1.165) is 19.3 Å². The second kappa shape index (κ2) is 10.6. The lowest BCUT2D eigenvalue weighted by Crippen LogP contribution is -2.43. The second-order valence-electron chi connectivity index (χ2n) is 7.48. The van der Waals surface area contributed by atoms with Crippen LogP contribution in [0.1, 0.15) is 57.9 Å². The smallest absolute Gasteiger partial charge is 0.243 e. The van der Waals surface area contributed by atoms with E-state index in [1.54, 1.807) is 0 Å². The summed E-state index contributed by atoms with van der Waals surface area (Å²) < 4.78 is 27.0. The molecule has 0 aromatic heterocycles. The summed E-state index contributed by atoms with van der Waals surface area (Å²) in [5, 5.41) is 11.9. The minimum Gasteiger partial charge on any atom is -0.356 e. The van der Waals surface area contributed by atoms with E-state index in [0.29, 0.717) is 44.0 Å². The van der Waals surface area contributed by atoms with E-state index < -0.39 is 10.0 Å². The molecule has 0 bridgehead atoms. The number of nitriles is 1. The molecule has 1 aliphatic rings. The maximum absolute atomic E-state index is 12.8. The molecule has 0 spiro atoms. The van der Waals surface area contributed by atoms with Crippen molar-refractivity contribution in [2.45, 2.75) is 57.3 Å². The van der Waals surface area contributed by atoms with Crippen LogP contribution >= 0.6 is 0 Å². The Bertz CT molecular complexity index is 776. The molecular formula is C21H31N3O3S. The molecule has 1 aliphatic heterocycles. The number of benzene rings is 1. The van der Waals surface area contributed by atoms with E-state index >= 15 is 0 Å². The number of amides is 1. The Labute approximate surface area is 169 Å². The van der Waals surface area contributed by atoms with Crippen LogP contribution in [0.5, 0.6) is 0 Å². The topological polar surface area (TPSA) is 90.3 Å². The van der Waals surface area contributed by atoms with Gasteiger partial charge in [0.05, 0.1) is 16.5 Å². The monoisotopic (exact) mass is 405 g/mol. The number of sulfonamides is 1. The lowest BCUT2D eigenvalue weighted by molar-refractivity contribution is -0.126. The lowest BCUT2D eigenvalue weighted by atomic mass is 9.95. The van der Waals surface area contributed by atoms with Crippen LogP contribution in [0.15, 0.2) is 29.2 Å². The quantitative estimate of drug-likeness (QED) is 0.682. The molecule has 1 heterocycles. The summed E-state index contributed by atoms with van der Waals surface area (Å²) >= 11 is 0. The average Bonchev–Trinajstić information content (AvgIpc) is 2.73. The van der Waals surface area contributed by atoms with Gasteiger partial charge in [-0.1, -0.05) is 33.1 Å². The number of rotatable bonds is 9. The van der Waals surface area contributed by atoms with Crippen molar-refractivity contribution in [2.24, 2.45) is 11.8 Å². The maximum atomic E-state index is 12.8. The first-order chi connectivity index (χ1) is 13.4. The molecular weight excluding hydrogens is 374 g/mol. The van der Waals surface area contributed by atoms with Gasteiger partial charge in [0, 0.05) is 25.6 Å². The average molecular weight is 406 g/mol. The molecule has 1 aromatic rings. The van der Waals surface area contributed by atoms with Crippen molar-refractivity contribution >= 4 is 15.9 Å². The van der Waals surface area contributed by atoms with Crippen LogP contribution in [0.3, 0.4) is 0 Å². The summed E-state index contributed by atoms with van der Waals surface area (Å²) in [5.41, 5.74) is 0.429. The third-order valence-corrected chi connectivity index (χ3v) is 7.47. The van der Waals surface area contributed by atoms with Crippen molar-refractivity contribution in [1.29, 1.82) is 5.26 Å². The molecule has 2 rings (SSSR count). The van der Waals surface area contributed by atoms with Crippen LogP contribution in [0.4, 0.5) is 0 Å². The summed E-state index contributed by atoms with van der Waals surface area (Å²) in [6.07, 6.45) is 5.60. The zero-order chi connectivity index (χ0) is 20.6. The van der Waals surface area contributed by atoms with Crippen molar-refractivity contribution < 1.29 is 13.2 Å². The number of carbonyl (C=O) groups excluding carboxylic acids is 1. The van der Waals surface area contributed by atoms with E-state index in [-0.39, 0.29) is 16.7 Å². The number of nitrogens with one attached hydrogen (secondary N) is 1. The molecule has 0 aliphatic carbocycles. The number of carbonyl (C=O) groups is 1. The molecule has 1 fully saturated rings. The van der Waals surface area contributed by atoms with Gasteiger partial charge in [-0.2, -0.15) is 9.57 Å². The molecule has 154 valence electrons. The molecule has 1 saturated heterocycles. The van der Waals surface area contributed by atoms with Gasteiger partial charge in [-0.05, 0) is 49.4 Å². The fraction of sp³-hybridized carbons (Fsp3) is 0.619. The van der Waals surface area contributed by atoms with E-state index in [1.807, 2.05) is 6.07 Å².